The second-order valence-electron chi connectivity index (χ2n) is 5.78. The summed E-state index contributed by atoms with van der Waals surface area (Å²) in [5.74, 6) is 0.193. The topological polar surface area (TPSA) is 64.4 Å². The third-order valence-corrected chi connectivity index (χ3v) is 5.28. The predicted molar refractivity (Wildman–Crippen MR) is 91.6 cm³/mol. The first kappa shape index (κ1) is 15.4. The van der Waals surface area contributed by atoms with Crippen LogP contribution in [0.1, 0.15) is 25.5 Å². The molecule has 2 aliphatic heterocycles. The van der Waals surface area contributed by atoms with E-state index in [1.165, 1.54) is 16.4 Å². The van der Waals surface area contributed by atoms with Gasteiger partial charge in [0.05, 0.1) is 17.6 Å². The maximum atomic E-state index is 12.9. The number of para-hydroxylation sites is 1. The summed E-state index contributed by atoms with van der Waals surface area (Å²) in [6.45, 7) is 0.650. The fourth-order valence-corrected chi connectivity index (χ4v) is 3.96. The monoisotopic (exact) mass is 343 g/mol. The number of fused-ring (bicyclic) bond motifs is 1. The summed E-state index contributed by atoms with van der Waals surface area (Å²) in [5, 5.41) is 4.30. The van der Waals surface area contributed by atoms with Gasteiger partial charge in [-0.3, -0.25) is 14.5 Å². The van der Waals surface area contributed by atoms with Crippen LogP contribution in [-0.4, -0.2) is 28.0 Å². The van der Waals surface area contributed by atoms with Crippen molar-refractivity contribution >= 4 is 29.0 Å². The second kappa shape index (κ2) is 6.41. The van der Waals surface area contributed by atoms with Crippen molar-refractivity contribution in [3.05, 3.63) is 46.9 Å². The summed E-state index contributed by atoms with van der Waals surface area (Å²) in [7, 11) is 0. The van der Waals surface area contributed by atoms with Gasteiger partial charge in [0.25, 0.3) is 5.56 Å². The van der Waals surface area contributed by atoms with Crippen LogP contribution >= 0.6 is 11.8 Å². The Hall–Kier alpha value is -2.12. The fourth-order valence-electron chi connectivity index (χ4n) is 3.05. The summed E-state index contributed by atoms with van der Waals surface area (Å²) in [6.07, 6.45) is 4.13. The fraction of sp³-hybridized carbons (Fsp3) is 0.353. The Labute approximate surface area is 143 Å². The normalized spacial score (nSPS) is 20.8. The molecule has 1 saturated heterocycles. The smallest absolute Gasteiger partial charge is 0.285 e. The van der Waals surface area contributed by atoms with E-state index >= 15 is 0 Å². The van der Waals surface area contributed by atoms with Crippen LogP contribution < -0.4 is 10.5 Å². The van der Waals surface area contributed by atoms with Gasteiger partial charge in [0, 0.05) is 12.3 Å². The first-order valence-electron chi connectivity index (χ1n) is 8.00. The number of carbonyl (C=O) groups excluding carboxylic acids is 1. The van der Waals surface area contributed by atoms with Crippen molar-refractivity contribution in [1.29, 1.82) is 0 Å². The molecule has 1 aromatic carbocycles. The molecule has 0 bridgehead atoms. The van der Waals surface area contributed by atoms with Gasteiger partial charge in [-0.05, 0) is 31.4 Å². The minimum Gasteiger partial charge on any atom is -0.356 e. The molecule has 4 rings (SSSR count). The number of amides is 1. The molecule has 0 N–H and O–H groups in total. The SMILES string of the molecule is O=C1CSc2c(cnn(C3CCCCO3)c2=O)N1c1ccccc1. The number of carbonyl (C=O) groups is 1. The zero-order valence-electron chi connectivity index (χ0n) is 13.1. The molecule has 1 aromatic heterocycles. The van der Waals surface area contributed by atoms with Crippen LogP contribution in [0, 0.1) is 0 Å². The Balaban J connectivity index is 1.78. The molecule has 1 atom stereocenters. The molecule has 0 radical (unpaired) electrons. The highest BCUT2D eigenvalue weighted by molar-refractivity contribution is 8.00. The van der Waals surface area contributed by atoms with E-state index in [1.807, 2.05) is 30.3 Å². The molecule has 3 heterocycles. The molecule has 2 aromatic rings. The van der Waals surface area contributed by atoms with Gasteiger partial charge in [-0.15, -0.1) is 11.8 Å². The molecule has 0 saturated carbocycles. The molecule has 1 fully saturated rings. The van der Waals surface area contributed by atoms with Crippen LogP contribution in [0.25, 0.3) is 0 Å². The van der Waals surface area contributed by atoms with Gasteiger partial charge in [0.2, 0.25) is 5.91 Å². The van der Waals surface area contributed by atoms with Crippen molar-refractivity contribution in [1.82, 2.24) is 9.78 Å². The van der Waals surface area contributed by atoms with Gasteiger partial charge in [-0.2, -0.15) is 9.78 Å². The molecular formula is C17H17N3O3S. The van der Waals surface area contributed by atoms with E-state index in [0.717, 1.165) is 24.9 Å². The van der Waals surface area contributed by atoms with E-state index in [4.69, 9.17) is 4.74 Å². The predicted octanol–water partition coefficient (Wildman–Crippen LogP) is 2.71. The third-order valence-electron chi connectivity index (χ3n) is 4.21. The summed E-state index contributed by atoms with van der Waals surface area (Å²) in [5.41, 5.74) is 1.12. The van der Waals surface area contributed by atoms with Crippen LogP contribution in [0.5, 0.6) is 0 Å². The number of ether oxygens (including phenoxy) is 1. The molecule has 7 heteroatoms. The van der Waals surface area contributed by atoms with Crippen molar-refractivity contribution in [3.63, 3.8) is 0 Å². The maximum Gasteiger partial charge on any atom is 0.285 e. The summed E-state index contributed by atoms with van der Waals surface area (Å²) in [4.78, 5) is 27.4. The Kier molecular flexibility index (Phi) is 4.12. The van der Waals surface area contributed by atoms with Gasteiger partial charge in [0.15, 0.2) is 6.23 Å². The van der Waals surface area contributed by atoms with Crippen LogP contribution in [0.15, 0.2) is 46.2 Å². The van der Waals surface area contributed by atoms with E-state index in [2.05, 4.69) is 5.10 Å². The van der Waals surface area contributed by atoms with Crippen molar-refractivity contribution in [2.75, 3.05) is 17.3 Å². The number of thioether (sulfide) groups is 1. The zero-order chi connectivity index (χ0) is 16.5. The number of anilines is 2. The van der Waals surface area contributed by atoms with Gasteiger partial charge in [-0.1, -0.05) is 18.2 Å². The number of benzene rings is 1. The number of nitrogens with zero attached hydrogens (tertiary/aromatic N) is 3. The lowest BCUT2D eigenvalue weighted by Crippen LogP contribution is -2.38. The molecule has 124 valence electrons. The summed E-state index contributed by atoms with van der Waals surface area (Å²) in [6, 6.07) is 9.34. The second-order valence-corrected chi connectivity index (χ2v) is 6.77. The number of rotatable bonds is 2. The van der Waals surface area contributed by atoms with Gasteiger partial charge >= 0.3 is 0 Å². The van der Waals surface area contributed by atoms with E-state index in [0.29, 0.717) is 17.2 Å². The maximum absolute atomic E-state index is 12.9. The largest absolute Gasteiger partial charge is 0.356 e. The average molecular weight is 343 g/mol. The number of hydrogen-bond acceptors (Lipinski definition) is 5. The standard InChI is InChI=1S/C17H17N3O3S/c21-14-11-24-16-13(19(14)12-6-2-1-3-7-12)10-18-20(17(16)22)15-8-4-5-9-23-15/h1-3,6-7,10,15H,4-5,8-9,11H2. The number of aromatic nitrogens is 2. The van der Waals surface area contributed by atoms with Crippen LogP contribution in [0.3, 0.4) is 0 Å². The molecule has 1 unspecified atom stereocenters. The first-order chi connectivity index (χ1) is 11.8. The van der Waals surface area contributed by atoms with E-state index < -0.39 is 0 Å². The first-order valence-corrected chi connectivity index (χ1v) is 8.98. The van der Waals surface area contributed by atoms with Crippen LogP contribution in [0.4, 0.5) is 11.4 Å². The lowest BCUT2D eigenvalue weighted by atomic mass is 10.2. The highest BCUT2D eigenvalue weighted by atomic mass is 32.2. The van der Waals surface area contributed by atoms with E-state index in [-0.39, 0.29) is 23.4 Å². The van der Waals surface area contributed by atoms with Crippen LogP contribution in [-0.2, 0) is 9.53 Å². The quantitative estimate of drug-likeness (QED) is 0.839. The lowest BCUT2D eigenvalue weighted by Gasteiger charge is -2.30. The van der Waals surface area contributed by atoms with Crippen molar-refractivity contribution in [3.8, 4) is 0 Å². The molecule has 0 spiro atoms. The molecule has 2 aliphatic rings. The minimum atomic E-state index is -0.306. The highest BCUT2D eigenvalue weighted by Crippen LogP contribution is 2.37. The summed E-state index contributed by atoms with van der Waals surface area (Å²) >= 11 is 1.28. The Bertz CT molecular complexity index is 816. The van der Waals surface area contributed by atoms with Gasteiger partial charge in [0.1, 0.15) is 4.90 Å². The third kappa shape index (κ3) is 2.63. The number of hydrogen-bond donors (Lipinski definition) is 0. The minimum absolute atomic E-state index is 0.0495. The average Bonchev–Trinajstić information content (AvgIpc) is 2.63. The Morgan fingerprint density at radius 1 is 1.17 bits per heavy atom. The van der Waals surface area contributed by atoms with Crippen molar-refractivity contribution < 1.29 is 9.53 Å². The van der Waals surface area contributed by atoms with Gasteiger partial charge < -0.3 is 4.74 Å². The Morgan fingerprint density at radius 2 is 2.00 bits per heavy atom. The van der Waals surface area contributed by atoms with Crippen molar-refractivity contribution in [2.24, 2.45) is 0 Å². The Morgan fingerprint density at radius 3 is 2.75 bits per heavy atom. The molecule has 24 heavy (non-hydrogen) atoms. The van der Waals surface area contributed by atoms with Crippen molar-refractivity contribution in [2.45, 2.75) is 30.4 Å². The van der Waals surface area contributed by atoms with Gasteiger partial charge in [-0.25, -0.2) is 0 Å². The zero-order valence-corrected chi connectivity index (χ0v) is 13.9. The van der Waals surface area contributed by atoms with E-state index in [1.54, 1.807) is 11.1 Å². The molecule has 1 amide bonds. The molecular weight excluding hydrogens is 326 g/mol. The lowest BCUT2D eigenvalue weighted by molar-refractivity contribution is -0.115. The van der Waals surface area contributed by atoms with Crippen LogP contribution in [0.2, 0.25) is 0 Å². The molecule has 0 aliphatic carbocycles. The summed E-state index contributed by atoms with van der Waals surface area (Å²) < 4.78 is 7.10. The van der Waals surface area contributed by atoms with E-state index in [9.17, 15) is 9.59 Å². The molecule has 6 nitrogen and oxygen atoms in total. The highest BCUT2D eigenvalue weighted by Gasteiger charge is 2.30.